The Labute approximate surface area is 151 Å². The van der Waals surface area contributed by atoms with Gasteiger partial charge in [0.05, 0.1) is 6.26 Å². The molecule has 3 aromatic rings. The van der Waals surface area contributed by atoms with Gasteiger partial charge in [-0.1, -0.05) is 21.1 Å². The number of halogens is 1. The predicted molar refractivity (Wildman–Crippen MR) is 90.5 cm³/mol. The van der Waals surface area contributed by atoms with Crippen molar-refractivity contribution in [3.63, 3.8) is 0 Å². The number of carbonyl (C=O) groups excluding carboxylic acids is 2. The van der Waals surface area contributed by atoms with Gasteiger partial charge in [0.1, 0.15) is 18.8 Å². The third-order valence-corrected chi connectivity index (χ3v) is 3.73. The Morgan fingerprint density at radius 3 is 2.68 bits per heavy atom. The number of amides is 1. The lowest BCUT2D eigenvalue weighted by Gasteiger charge is -2.05. The van der Waals surface area contributed by atoms with E-state index < -0.39 is 5.97 Å². The Morgan fingerprint density at radius 1 is 1.16 bits per heavy atom. The van der Waals surface area contributed by atoms with Crippen LogP contribution in [0.2, 0.25) is 0 Å². The minimum absolute atomic E-state index is 0.0583. The van der Waals surface area contributed by atoms with Crippen LogP contribution in [0.3, 0.4) is 0 Å². The molecule has 2 heterocycles. The Kier molecular flexibility index (Phi) is 5.30. The summed E-state index contributed by atoms with van der Waals surface area (Å²) >= 11 is 3.29. The van der Waals surface area contributed by atoms with Crippen LogP contribution in [0.25, 0.3) is 11.5 Å². The van der Waals surface area contributed by atoms with Crippen LogP contribution in [-0.2, 0) is 16.1 Å². The van der Waals surface area contributed by atoms with E-state index in [2.05, 4.69) is 26.4 Å². The molecule has 3 rings (SSSR count). The molecule has 0 bridgehead atoms. The number of carbonyl (C=O) groups is 2. The van der Waals surface area contributed by atoms with Gasteiger partial charge in [-0.3, -0.25) is 9.59 Å². The number of nitrogens with one attached hydrogen (secondary N) is 1. The van der Waals surface area contributed by atoms with Gasteiger partial charge in [-0.15, -0.1) is 0 Å². The quantitative estimate of drug-likeness (QED) is 0.634. The molecule has 25 heavy (non-hydrogen) atoms. The number of nitrogens with zero attached hydrogens (tertiary/aromatic N) is 1. The average molecular weight is 405 g/mol. The molecule has 1 aromatic carbocycles. The van der Waals surface area contributed by atoms with Crippen molar-refractivity contribution in [1.29, 1.82) is 0 Å². The number of hydrogen-bond acceptors (Lipinski definition) is 6. The monoisotopic (exact) mass is 404 g/mol. The molecule has 0 aliphatic carbocycles. The van der Waals surface area contributed by atoms with Gasteiger partial charge in [-0.2, -0.15) is 0 Å². The lowest BCUT2D eigenvalue weighted by Crippen LogP contribution is -2.30. The minimum atomic E-state index is -0.576. The fourth-order valence-corrected chi connectivity index (χ4v) is 2.24. The maximum atomic E-state index is 11.9. The van der Waals surface area contributed by atoms with Crippen LogP contribution in [0.15, 0.2) is 62.1 Å². The number of ether oxygens (including phenoxy) is 1. The second kappa shape index (κ2) is 7.80. The van der Waals surface area contributed by atoms with Crippen LogP contribution in [0, 0.1) is 0 Å². The van der Waals surface area contributed by atoms with Crippen molar-refractivity contribution >= 4 is 27.8 Å². The van der Waals surface area contributed by atoms with Crippen LogP contribution in [-0.4, -0.2) is 23.6 Å². The highest BCUT2D eigenvalue weighted by molar-refractivity contribution is 9.10. The van der Waals surface area contributed by atoms with Crippen molar-refractivity contribution in [3.05, 3.63) is 64.5 Å². The van der Waals surface area contributed by atoms with E-state index >= 15 is 0 Å². The van der Waals surface area contributed by atoms with E-state index in [0.29, 0.717) is 22.8 Å². The zero-order chi connectivity index (χ0) is 17.6. The zero-order valence-electron chi connectivity index (χ0n) is 12.9. The van der Waals surface area contributed by atoms with Gasteiger partial charge in [0, 0.05) is 16.1 Å². The van der Waals surface area contributed by atoms with Gasteiger partial charge in [-0.05, 0) is 36.4 Å². The smallest absolute Gasteiger partial charge is 0.325 e. The second-order valence-electron chi connectivity index (χ2n) is 5.01. The maximum Gasteiger partial charge on any atom is 0.325 e. The first-order chi connectivity index (χ1) is 12.1. The standard InChI is InChI=1S/C17H13BrN2O5/c18-12-5-3-11(4-6-12)17(22)19-9-16(21)24-10-13-8-15(25-20-13)14-2-1-7-23-14/h1-8H,9-10H2,(H,19,22). The Bertz CT molecular complexity index is 856. The highest BCUT2D eigenvalue weighted by atomic mass is 79.9. The zero-order valence-corrected chi connectivity index (χ0v) is 14.5. The summed E-state index contributed by atoms with van der Waals surface area (Å²) in [5.41, 5.74) is 0.898. The molecule has 7 nitrogen and oxygen atoms in total. The van der Waals surface area contributed by atoms with Crippen molar-refractivity contribution in [1.82, 2.24) is 10.5 Å². The fraction of sp³-hybridized carbons (Fsp3) is 0.118. The van der Waals surface area contributed by atoms with Gasteiger partial charge < -0.3 is 19.0 Å². The Hall–Kier alpha value is -2.87. The number of furan rings is 1. The molecule has 0 atom stereocenters. The molecule has 0 saturated heterocycles. The van der Waals surface area contributed by atoms with E-state index in [0.717, 1.165) is 4.47 Å². The van der Waals surface area contributed by atoms with Gasteiger partial charge in [-0.25, -0.2) is 0 Å². The largest absolute Gasteiger partial charge is 0.461 e. The van der Waals surface area contributed by atoms with Crippen LogP contribution < -0.4 is 5.32 Å². The lowest BCUT2D eigenvalue weighted by atomic mass is 10.2. The number of rotatable bonds is 6. The molecule has 0 radical (unpaired) electrons. The molecule has 8 heteroatoms. The van der Waals surface area contributed by atoms with Gasteiger partial charge in [0.25, 0.3) is 5.91 Å². The number of esters is 1. The van der Waals surface area contributed by atoms with Crippen molar-refractivity contribution < 1.29 is 23.3 Å². The fourth-order valence-electron chi connectivity index (χ4n) is 1.98. The lowest BCUT2D eigenvalue weighted by molar-refractivity contribution is -0.143. The van der Waals surface area contributed by atoms with Crippen molar-refractivity contribution in [2.24, 2.45) is 0 Å². The molecule has 0 saturated carbocycles. The number of aromatic nitrogens is 1. The van der Waals surface area contributed by atoms with E-state index in [9.17, 15) is 9.59 Å². The maximum absolute atomic E-state index is 11.9. The Morgan fingerprint density at radius 2 is 1.96 bits per heavy atom. The van der Waals surface area contributed by atoms with Crippen LogP contribution >= 0.6 is 15.9 Å². The number of benzene rings is 1. The normalized spacial score (nSPS) is 10.4. The van der Waals surface area contributed by atoms with E-state index in [1.165, 1.54) is 6.26 Å². The SMILES string of the molecule is O=C(CNC(=O)c1ccc(Br)cc1)OCc1cc(-c2ccco2)on1. The molecular formula is C17H13BrN2O5. The van der Waals surface area contributed by atoms with E-state index in [4.69, 9.17) is 13.7 Å². The highest BCUT2D eigenvalue weighted by Gasteiger charge is 2.12. The minimum Gasteiger partial charge on any atom is -0.461 e. The average Bonchev–Trinajstić information content (AvgIpc) is 3.29. The first kappa shape index (κ1) is 17.0. The molecule has 0 spiro atoms. The summed E-state index contributed by atoms with van der Waals surface area (Å²) in [5.74, 6) is 0.0467. The van der Waals surface area contributed by atoms with Crippen LogP contribution in [0.5, 0.6) is 0 Å². The van der Waals surface area contributed by atoms with Gasteiger partial charge in [0.15, 0.2) is 5.76 Å². The molecule has 0 aliphatic heterocycles. The van der Waals surface area contributed by atoms with Crippen molar-refractivity contribution in [2.75, 3.05) is 6.54 Å². The third kappa shape index (κ3) is 4.57. The van der Waals surface area contributed by atoms with E-state index in [1.54, 1.807) is 42.5 Å². The molecule has 2 aromatic heterocycles. The first-order valence-electron chi connectivity index (χ1n) is 7.30. The van der Waals surface area contributed by atoms with Gasteiger partial charge >= 0.3 is 5.97 Å². The summed E-state index contributed by atoms with van der Waals surface area (Å²) < 4.78 is 16.2. The summed E-state index contributed by atoms with van der Waals surface area (Å²) in [6.45, 7) is -0.297. The van der Waals surface area contributed by atoms with E-state index in [1.807, 2.05) is 0 Å². The van der Waals surface area contributed by atoms with Crippen molar-refractivity contribution in [2.45, 2.75) is 6.61 Å². The van der Waals surface area contributed by atoms with E-state index in [-0.39, 0.29) is 19.1 Å². The molecule has 128 valence electrons. The molecule has 0 aliphatic rings. The number of hydrogen-bond donors (Lipinski definition) is 1. The third-order valence-electron chi connectivity index (χ3n) is 3.20. The summed E-state index contributed by atoms with van der Waals surface area (Å²) in [6.07, 6.45) is 1.52. The topological polar surface area (TPSA) is 94.6 Å². The summed E-state index contributed by atoms with van der Waals surface area (Å²) in [4.78, 5) is 23.6. The molecule has 1 amide bonds. The molecule has 0 unspecified atom stereocenters. The first-order valence-corrected chi connectivity index (χ1v) is 8.10. The van der Waals surface area contributed by atoms with Gasteiger partial charge in [0.2, 0.25) is 5.76 Å². The molecule has 1 N–H and O–H groups in total. The molecule has 0 fully saturated rings. The highest BCUT2D eigenvalue weighted by Crippen LogP contribution is 2.20. The molecular weight excluding hydrogens is 392 g/mol. The summed E-state index contributed by atoms with van der Waals surface area (Å²) in [6, 6.07) is 11.9. The summed E-state index contributed by atoms with van der Waals surface area (Å²) in [7, 11) is 0. The predicted octanol–water partition coefficient (Wildman–Crippen LogP) is 3.17. The van der Waals surface area contributed by atoms with Crippen LogP contribution in [0.4, 0.5) is 0 Å². The van der Waals surface area contributed by atoms with Crippen LogP contribution in [0.1, 0.15) is 16.1 Å². The Balaban J connectivity index is 1.45. The van der Waals surface area contributed by atoms with Crippen molar-refractivity contribution in [3.8, 4) is 11.5 Å². The second-order valence-corrected chi connectivity index (χ2v) is 5.93. The summed E-state index contributed by atoms with van der Waals surface area (Å²) in [5, 5.41) is 6.29.